The quantitative estimate of drug-likeness (QED) is 0.554. The molecule has 2 aromatic carbocycles. The summed E-state index contributed by atoms with van der Waals surface area (Å²) >= 11 is 0. The molecule has 3 aromatic rings. The zero-order valence-corrected chi connectivity index (χ0v) is 14.1. The van der Waals surface area contributed by atoms with E-state index in [9.17, 15) is 4.39 Å². The Hall–Kier alpha value is -2.22. The molecule has 1 nitrogen and oxygen atoms in total. The second kappa shape index (κ2) is 6.11. The van der Waals surface area contributed by atoms with Crippen LogP contribution in [0.5, 0.6) is 0 Å². The molecule has 0 spiro atoms. The predicted molar refractivity (Wildman–Crippen MR) is 95.3 cm³/mol. The molecule has 0 unspecified atom stereocenters. The zero-order chi connectivity index (χ0) is 16.6. The van der Waals surface area contributed by atoms with Gasteiger partial charge in [0, 0.05) is 11.1 Å². The predicted octanol–water partition coefficient (Wildman–Crippen LogP) is 6.29. The van der Waals surface area contributed by atoms with E-state index in [0.29, 0.717) is 11.8 Å². The Kier molecular flexibility index (Phi) is 4.16. The highest BCUT2D eigenvalue weighted by Gasteiger charge is 2.20. The summed E-state index contributed by atoms with van der Waals surface area (Å²) in [6.45, 7) is 8.75. The summed E-state index contributed by atoms with van der Waals surface area (Å²) < 4.78 is 13.4. The van der Waals surface area contributed by atoms with Crippen LogP contribution in [0.4, 0.5) is 4.39 Å². The summed E-state index contributed by atoms with van der Waals surface area (Å²) in [5.74, 6) is 0.489. The SMILES string of the molecule is CC(C)c1nc2ccccc2c(-c2ccc(F)cc2)c1C(C)C. The third-order valence-electron chi connectivity index (χ3n) is 4.22. The number of fused-ring (bicyclic) bond motifs is 1. The van der Waals surface area contributed by atoms with Crippen molar-refractivity contribution in [1.29, 1.82) is 0 Å². The lowest BCUT2D eigenvalue weighted by Gasteiger charge is -2.22. The van der Waals surface area contributed by atoms with Gasteiger partial charge < -0.3 is 0 Å². The molecule has 0 aliphatic rings. The van der Waals surface area contributed by atoms with E-state index < -0.39 is 0 Å². The van der Waals surface area contributed by atoms with Crippen LogP contribution in [-0.4, -0.2) is 4.98 Å². The highest BCUT2D eigenvalue weighted by atomic mass is 19.1. The molecule has 118 valence electrons. The maximum atomic E-state index is 13.4. The van der Waals surface area contributed by atoms with E-state index in [1.165, 1.54) is 23.3 Å². The summed E-state index contributed by atoms with van der Waals surface area (Å²) in [6, 6.07) is 15.0. The average Bonchev–Trinajstić information content (AvgIpc) is 2.53. The molecule has 0 radical (unpaired) electrons. The smallest absolute Gasteiger partial charge is 0.123 e. The molecule has 3 rings (SSSR count). The zero-order valence-electron chi connectivity index (χ0n) is 14.1. The van der Waals surface area contributed by atoms with E-state index in [1.807, 2.05) is 24.3 Å². The summed E-state index contributed by atoms with van der Waals surface area (Å²) in [7, 11) is 0. The first-order valence-electron chi connectivity index (χ1n) is 8.17. The largest absolute Gasteiger partial charge is 0.252 e. The minimum Gasteiger partial charge on any atom is -0.252 e. The van der Waals surface area contributed by atoms with E-state index >= 15 is 0 Å². The van der Waals surface area contributed by atoms with Crippen LogP contribution in [-0.2, 0) is 0 Å². The molecule has 2 heteroatoms. The summed E-state index contributed by atoms with van der Waals surface area (Å²) in [5, 5.41) is 1.13. The minimum absolute atomic E-state index is 0.206. The molecule has 0 saturated carbocycles. The van der Waals surface area contributed by atoms with Gasteiger partial charge in [-0.3, -0.25) is 4.98 Å². The molecule has 0 saturated heterocycles. The minimum atomic E-state index is -0.206. The Balaban J connectivity index is 2.44. The van der Waals surface area contributed by atoms with Gasteiger partial charge in [0.1, 0.15) is 5.82 Å². The van der Waals surface area contributed by atoms with E-state index in [0.717, 1.165) is 22.2 Å². The Bertz CT molecular complexity index is 832. The molecule has 0 N–H and O–H groups in total. The van der Waals surface area contributed by atoms with Crippen molar-refractivity contribution in [2.45, 2.75) is 39.5 Å². The number of hydrogen-bond donors (Lipinski definition) is 0. The molecule has 0 aliphatic carbocycles. The van der Waals surface area contributed by atoms with Crippen LogP contribution in [0, 0.1) is 5.82 Å². The van der Waals surface area contributed by atoms with Crippen molar-refractivity contribution in [3.8, 4) is 11.1 Å². The third-order valence-corrected chi connectivity index (χ3v) is 4.22. The van der Waals surface area contributed by atoms with Crippen molar-refractivity contribution in [1.82, 2.24) is 4.98 Å². The molecule has 23 heavy (non-hydrogen) atoms. The van der Waals surface area contributed by atoms with Gasteiger partial charge >= 0.3 is 0 Å². The van der Waals surface area contributed by atoms with Crippen molar-refractivity contribution in [3.63, 3.8) is 0 Å². The van der Waals surface area contributed by atoms with Gasteiger partial charge in [-0.15, -0.1) is 0 Å². The maximum absolute atomic E-state index is 13.4. The second-order valence-electron chi connectivity index (χ2n) is 6.62. The van der Waals surface area contributed by atoms with Crippen LogP contribution in [0.2, 0.25) is 0 Å². The van der Waals surface area contributed by atoms with Gasteiger partial charge in [-0.2, -0.15) is 0 Å². The number of nitrogens with zero attached hydrogens (tertiary/aromatic N) is 1. The first-order chi connectivity index (χ1) is 11.0. The lowest BCUT2D eigenvalue weighted by Crippen LogP contribution is -2.06. The number of rotatable bonds is 3. The number of hydrogen-bond acceptors (Lipinski definition) is 1. The third kappa shape index (κ3) is 2.86. The van der Waals surface area contributed by atoms with Gasteiger partial charge in [0.25, 0.3) is 0 Å². The lowest BCUT2D eigenvalue weighted by molar-refractivity contribution is 0.628. The molecule has 1 aromatic heterocycles. The lowest BCUT2D eigenvalue weighted by atomic mass is 9.85. The van der Waals surface area contributed by atoms with E-state index in [1.54, 1.807) is 0 Å². The molecule has 0 bridgehead atoms. The Labute approximate surface area is 137 Å². The van der Waals surface area contributed by atoms with Gasteiger partial charge in [0.15, 0.2) is 0 Å². The standard InChI is InChI=1S/C21H22FN/c1-13(2)19-20(15-9-11-16(22)12-10-15)17-7-5-6-8-18(17)23-21(19)14(3)4/h5-14H,1-4H3. The second-order valence-corrected chi connectivity index (χ2v) is 6.62. The molecular weight excluding hydrogens is 285 g/mol. The number of aromatic nitrogens is 1. The van der Waals surface area contributed by atoms with E-state index in [4.69, 9.17) is 4.98 Å². The van der Waals surface area contributed by atoms with Crippen LogP contribution >= 0.6 is 0 Å². The fraction of sp³-hybridized carbons (Fsp3) is 0.286. The number of para-hydroxylation sites is 1. The number of pyridine rings is 1. The number of halogens is 1. The van der Waals surface area contributed by atoms with E-state index in [2.05, 4.69) is 39.8 Å². The first kappa shape index (κ1) is 15.7. The highest BCUT2D eigenvalue weighted by Crippen LogP contribution is 2.39. The molecule has 0 atom stereocenters. The average molecular weight is 307 g/mol. The fourth-order valence-corrected chi connectivity index (χ4v) is 3.20. The van der Waals surface area contributed by atoms with Crippen LogP contribution in [0.25, 0.3) is 22.0 Å². The van der Waals surface area contributed by atoms with Gasteiger partial charge in [-0.05, 0) is 46.7 Å². The molecular formula is C21H22FN. The monoisotopic (exact) mass is 307 g/mol. The normalized spacial score (nSPS) is 11.6. The van der Waals surface area contributed by atoms with Crippen molar-refractivity contribution < 1.29 is 4.39 Å². The molecule has 0 fully saturated rings. The number of benzene rings is 2. The van der Waals surface area contributed by atoms with Crippen LogP contribution in [0.1, 0.15) is 50.8 Å². The van der Waals surface area contributed by atoms with Crippen molar-refractivity contribution in [2.75, 3.05) is 0 Å². The Morgan fingerprint density at radius 2 is 1.48 bits per heavy atom. The van der Waals surface area contributed by atoms with Gasteiger partial charge in [0.2, 0.25) is 0 Å². The fourth-order valence-electron chi connectivity index (χ4n) is 3.20. The van der Waals surface area contributed by atoms with Crippen LogP contribution in [0.15, 0.2) is 48.5 Å². The maximum Gasteiger partial charge on any atom is 0.123 e. The molecule has 0 amide bonds. The highest BCUT2D eigenvalue weighted by molar-refractivity contribution is 5.97. The van der Waals surface area contributed by atoms with Crippen LogP contribution in [0.3, 0.4) is 0 Å². The van der Waals surface area contributed by atoms with Crippen molar-refractivity contribution >= 4 is 10.9 Å². The summed E-state index contributed by atoms with van der Waals surface area (Å²) in [5.41, 5.74) is 5.65. The Morgan fingerprint density at radius 3 is 2.09 bits per heavy atom. The topological polar surface area (TPSA) is 12.9 Å². The summed E-state index contributed by atoms with van der Waals surface area (Å²) in [4.78, 5) is 4.93. The van der Waals surface area contributed by atoms with Crippen LogP contribution < -0.4 is 0 Å². The van der Waals surface area contributed by atoms with Gasteiger partial charge in [-0.1, -0.05) is 58.0 Å². The van der Waals surface area contributed by atoms with Gasteiger partial charge in [0.05, 0.1) is 5.52 Å². The summed E-state index contributed by atoms with van der Waals surface area (Å²) in [6.07, 6.45) is 0. The Morgan fingerprint density at radius 1 is 0.826 bits per heavy atom. The van der Waals surface area contributed by atoms with Crippen molar-refractivity contribution in [3.05, 3.63) is 65.6 Å². The van der Waals surface area contributed by atoms with E-state index in [-0.39, 0.29) is 5.82 Å². The molecule has 0 aliphatic heterocycles. The van der Waals surface area contributed by atoms with Crippen molar-refractivity contribution in [2.24, 2.45) is 0 Å². The first-order valence-corrected chi connectivity index (χ1v) is 8.17. The van der Waals surface area contributed by atoms with Gasteiger partial charge in [-0.25, -0.2) is 4.39 Å². The molecule has 1 heterocycles.